The molecule has 0 radical (unpaired) electrons. The first-order chi connectivity index (χ1) is 8.79. The van der Waals surface area contributed by atoms with Crippen molar-refractivity contribution in [3.05, 3.63) is 28.8 Å². The van der Waals surface area contributed by atoms with E-state index in [0.29, 0.717) is 5.02 Å². The first-order valence-electron chi connectivity index (χ1n) is 6.39. The smallest absolute Gasteiger partial charge is 0.142 e. The number of benzene rings is 1. The predicted octanol–water partition coefficient (Wildman–Crippen LogP) is 3.97. The number of thioether (sulfide) groups is 1. The van der Waals surface area contributed by atoms with Gasteiger partial charge in [-0.25, -0.2) is 0 Å². The Kier molecular flexibility index (Phi) is 8.31. The minimum absolute atomic E-state index is 0.704. The summed E-state index contributed by atoms with van der Waals surface area (Å²) in [6.45, 7) is 4.71. The molecule has 0 heterocycles. The third kappa shape index (κ3) is 5.51. The van der Waals surface area contributed by atoms with Crippen LogP contribution in [0.15, 0.2) is 18.2 Å². The molecule has 1 aromatic carbocycles. The summed E-state index contributed by atoms with van der Waals surface area (Å²) in [4.78, 5) is 0. The summed E-state index contributed by atoms with van der Waals surface area (Å²) in [6, 6.07) is 5.92. The first kappa shape index (κ1) is 15.7. The molecule has 0 fully saturated rings. The van der Waals surface area contributed by atoms with Gasteiger partial charge in [0.05, 0.1) is 11.6 Å². The fraction of sp³-hybridized carbons (Fsp3) is 0.571. The van der Waals surface area contributed by atoms with Crippen LogP contribution in [0.4, 0.5) is 0 Å². The van der Waals surface area contributed by atoms with E-state index in [-0.39, 0.29) is 0 Å². The lowest BCUT2D eigenvalue weighted by molar-refractivity contribution is 0.315. The fourth-order valence-electron chi connectivity index (χ4n) is 1.63. The number of hydrogen-bond donors (Lipinski definition) is 1. The van der Waals surface area contributed by atoms with E-state index in [4.69, 9.17) is 16.3 Å². The van der Waals surface area contributed by atoms with Crippen LogP contribution in [0.5, 0.6) is 5.75 Å². The highest BCUT2D eigenvalue weighted by Gasteiger charge is 2.07. The van der Waals surface area contributed by atoms with E-state index in [9.17, 15) is 0 Å². The highest BCUT2D eigenvalue weighted by atomic mass is 35.5. The maximum absolute atomic E-state index is 6.20. The average Bonchev–Trinajstić information content (AvgIpc) is 2.37. The Bertz CT molecular complexity index is 347. The van der Waals surface area contributed by atoms with Gasteiger partial charge in [0.1, 0.15) is 5.75 Å². The largest absolute Gasteiger partial charge is 0.492 e. The first-order valence-corrected chi connectivity index (χ1v) is 8.16. The molecule has 102 valence electrons. The van der Waals surface area contributed by atoms with Crippen molar-refractivity contribution in [2.75, 3.05) is 25.2 Å². The summed E-state index contributed by atoms with van der Waals surface area (Å²) < 4.78 is 5.82. The Morgan fingerprint density at radius 3 is 2.94 bits per heavy atom. The Balaban J connectivity index is 2.56. The van der Waals surface area contributed by atoms with Crippen molar-refractivity contribution in [1.82, 2.24) is 5.32 Å². The number of halogens is 1. The van der Waals surface area contributed by atoms with Crippen molar-refractivity contribution in [2.45, 2.75) is 26.3 Å². The van der Waals surface area contributed by atoms with Crippen molar-refractivity contribution in [3.63, 3.8) is 0 Å². The van der Waals surface area contributed by atoms with E-state index in [1.807, 2.05) is 23.9 Å². The summed E-state index contributed by atoms with van der Waals surface area (Å²) in [5.41, 5.74) is 1.14. The summed E-state index contributed by atoms with van der Waals surface area (Å²) in [6.07, 6.45) is 4.29. The van der Waals surface area contributed by atoms with Gasteiger partial charge in [0, 0.05) is 12.1 Å². The molecular formula is C14H22ClNOS. The van der Waals surface area contributed by atoms with Gasteiger partial charge < -0.3 is 10.1 Å². The minimum Gasteiger partial charge on any atom is -0.492 e. The molecular weight excluding hydrogens is 266 g/mol. The van der Waals surface area contributed by atoms with Gasteiger partial charge in [-0.15, -0.1) is 0 Å². The molecule has 1 N–H and O–H groups in total. The Labute approximate surface area is 119 Å². The molecule has 0 spiro atoms. The molecule has 0 aromatic heterocycles. The van der Waals surface area contributed by atoms with Gasteiger partial charge >= 0.3 is 0 Å². The van der Waals surface area contributed by atoms with Gasteiger partial charge in [0.25, 0.3) is 0 Å². The van der Waals surface area contributed by atoms with Crippen LogP contribution in [-0.2, 0) is 6.54 Å². The van der Waals surface area contributed by atoms with Crippen LogP contribution >= 0.6 is 23.4 Å². The molecule has 18 heavy (non-hydrogen) atoms. The Hall–Kier alpha value is -0.380. The van der Waals surface area contributed by atoms with Gasteiger partial charge in [-0.05, 0) is 37.5 Å². The zero-order valence-corrected chi connectivity index (χ0v) is 12.7. The van der Waals surface area contributed by atoms with Gasteiger partial charge in [-0.3, -0.25) is 0 Å². The number of rotatable bonds is 9. The number of ether oxygens (including phenoxy) is 1. The lowest BCUT2D eigenvalue weighted by Gasteiger charge is -2.13. The number of para-hydroxylation sites is 1. The number of nitrogens with one attached hydrogen (secondary N) is 1. The van der Waals surface area contributed by atoms with Crippen LogP contribution < -0.4 is 10.1 Å². The van der Waals surface area contributed by atoms with E-state index < -0.39 is 0 Å². The maximum atomic E-state index is 6.20. The molecule has 2 nitrogen and oxygen atoms in total. The standard InChI is InChI=1S/C14H22ClNOS/c1-3-8-16-11-12-6-4-7-13(15)14(12)17-9-5-10-18-2/h4,6-7,16H,3,5,8-11H2,1-2H3. The molecule has 1 aromatic rings. The normalized spacial score (nSPS) is 10.6. The molecule has 0 aliphatic carbocycles. The second-order valence-corrected chi connectivity index (χ2v) is 5.49. The van der Waals surface area contributed by atoms with E-state index in [2.05, 4.69) is 24.6 Å². The SMILES string of the molecule is CCCNCc1cccc(Cl)c1OCCCSC. The van der Waals surface area contributed by atoms with Gasteiger partial charge in [0.2, 0.25) is 0 Å². The van der Waals surface area contributed by atoms with E-state index in [1.54, 1.807) is 0 Å². The second-order valence-electron chi connectivity index (χ2n) is 4.10. The maximum Gasteiger partial charge on any atom is 0.142 e. The lowest BCUT2D eigenvalue weighted by atomic mass is 10.2. The molecule has 0 saturated heterocycles. The third-order valence-corrected chi connectivity index (χ3v) is 3.52. The Morgan fingerprint density at radius 2 is 2.22 bits per heavy atom. The van der Waals surface area contributed by atoms with Crippen LogP contribution in [0, 0.1) is 0 Å². The molecule has 0 unspecified atom stereocenters. The van der Waals surface area contributed by atoms with Crippen LogP contribution in [0.3, 0.4) is 0 Å². The minimum atomic E-state index is 0.704. The summed E-state index contributed by atoms with van der Waals surface area (Å²) in [5, 5.41) is 4.08. The van der Waals surface area contributed by atoms with Gasteiger partial charge in [0.15, 0.2) is 0 Å². The third-order valence-electron chi connectivity index (χ3n) is 2.53. The molecule has 0 amide bonds. The van der Waals surface area contributed by atoms with Crippen molar-refractivity contribution in [2.24, 2.45) is 0 Å². The van der Waals surface area contributed by atoms with Crippen LogP contribution in [0.2, 0.25) is 5.02 Å². The molecule has 0 bridgehead atoms. The molecule has 4 heteroatoms. The fourth-order valence-corrected chi connectivity index (χ4v) is 2.29. The second kappa shape index (κ2) is 9.54. The van der Waals surface area contributed by atoms with Crippen LogP contribution in [0.1, 0.15) is 25.3 Å². The van der Waals surface area contributed by atoms with Gasteiger partial charge in [-0.2, -0.15) is 11.8 Å². The van der Waals surface area contributed by atoms with Crippen molar-refractivity contribution >= 4 is 23.4 Å². The zero-order valence-electron chi connectivity index (χ0n) is 11.2. The van der Waals surface area contributed by atoms with E-state index >= 15 is 0 Å². The van der Waals surface area contributed by atoms with Crippen molar-refractivity contribution < 1.29 is 4.74 Å². The average molecular weight is 288 g/mol. The number of hydrogen-bond acceptors (Lipinski definition) is 3. The summed E-state index contributed by atoms with van der Waals surface area (Å²) >= 11 is 8.03. The van der Waals surface area contributed by atoms with Crippen molar-refractivity contribution in [3.8, 4) is 5.75 Å². The predicted molar refractivity (Wildman–Crippen MR) is 81.9 cm³/mol. The van der Waals surface area contributed by atoms with E-state index in [1.165, 1.54) is 0 Å². The zero-order chi connectivity index (χ0) is 13.2. The molecule has 0 atom stereocenters. The van der Waals surface area contributed by atoms with Gasteiger partial charge in [-0.1, -0.05) is 30.7 Å². The summed E-state index contributed by atoms with van der Waals surface area (Å²) in [7, 11) is 0. The van der Waals surface area contributed by atoms with E-state index in [0.717, 1.165) is 49.6 Å². The van der Waals surface area contributed by atoms with Crippen molar-refractivity contribution in [1.29, 1.82) is 0 Å². The Morgan fingerprint density at radius 1 is 1.39 bits per heavy atom. The highest BCUT2D eigenvalue weighted by molar-refractivity contribution is 7.98. The van der Waals surface area contributed by atoms with Crippen LogP contribution in [0.25, 0.3) is 0 Å². The molecule has 0 aliphatic rings. The lowest BCUT2D eigenvalue weighted by Crippen LogP contribution is -2.15. The highest BCUT2D eigenvalue weighted by Crippen LogP contribution is 2.28. The molecule has 1 rings (SSSR count). The van der Waals surface area contributed by atoms with Crippen LogP contribution in [-0.4, -0.2) is 25.2 Å². The topological polar surface area (TPSA) is 21.3 Å². The molecule has 0 saturated carbocycles. The molecule has 0 aliphatic heterocycles. The monoisotopic (exact) mass is 287 g/mol. The summed E-state index contributed by atoms with van der Waals surface area (Å²) in [5.74, 6) is 1.96. The quantitative estimate of drug-likeness (QED) is 0.695.